The van der Waals surface area contributed by atoms with Gasteiger partial charge in [-0.15, -0.1) is 0 Å². The van der Waals surface area contributed by atoms with Crippen molar-refractivity contribution < 1.29 is 9.53 Å². The molecule has 1 aliphatic rings. The molecule has 0 bridgehead atoms. The van der Waals surface area contributed by atoms with Gasteiger partial charge in [0.1, 0.15) is 6.04 Å². The van der Waals surface area contributed by atoms with Crippen LogP contribution >= 0.6 is 0 Å². The molecule has 2 heterocycles. The van der Waals surface area contributed by atoms with E-state index in [9.17, 15) is 4.79 Å². The molecule has 0 aliphatic carbocycles. The summed E-state index contributed by atoms with van der Waals surface area (Å²) in [4.78, 5) is 22.5. The number of anilines is 1. The number of piperidine rings is 1. The first-order chi connectivity index (χ1) is 8.72. The number of hydrogen-bond donors (Lipinski definition) is 0. The van der Waals surface area contributed by atoms with Crippen LogP contribution in [0.25, 0.3) is 0 Å². The van der Waals surface area contributed by atoms with Crippen LogP contribution in [0.3, 0.4) is 0 Å². The Bertz CT molecular complexity index is 405. The Morgan fingerprint density at radius 1 is 1.44 bits per heavy atom. The van der Waals surface area contributed by atoms with Crippen LogP contribution in [0.5, 0.6) is 0 Å². The highest BCUT2D eigenvalue weighted by Gasteiger charge is 2.31. The fourth-order valence-corrected chi connectivity index (χ4v) is 2.19. The molecule has 1 aliphatic heterocycles. The topological polar surface area (TPSA) is 55.3 Å². The summed E-state index contributed by atoms with van der Waals surface area (Å²) in [5.74, 6) is 0.458. The number of esters is 1. The molecule has 1 saturated heterocycles. The molecule has 5 heteroatoms. The lowest BCUT2D eigenvalue weighted by molar-refractivity contribution is -0.145. The monoisotopic (exact) mass is 249 g/mol. The van der Waals surface area contributed by atoms with Gasteiger partial charge in [0, 0.05) is 18.9 Å². The fourth-order valence-electron chi connectivity index (χ4n) is 2.19. The van der Waals surface area contributed by atoms with Gasteiger partial charge < -0.3 is 9.64 Å². The first kappa shape index (κ1) is 12.8. The molecule has 18 heavy (non-hydrogen) atoms. The van der Waals surface area contributed by atoms with Gasteiger partial charge in [-0.05, 0) is 38.7 Å². The Hall–Kier alpha value is -1.65. The van der Waals surface area contributed by atoms with Gasteiger partial charge in [0.05, 0.1) is 6.61 Å². The maximum absolute atomic E-state index is 11.9. The lowest BCUT2D eigenvalue weighted by atomic mass is 10.0. The SMILES string of the molecule is CCOC(=O)C1CCCCN1c1ncc(C)cn1. The minimum Gasteiger partial charge on any atom is -0.464 e. The van der Waals surface area contributed by atoms with Crippen LogP contribution in [-0.4, -0.2) is 35.1 Å². The van der Waals surface area contributed by atoms with Gasteiger partial charge in [-0.1, -0.05) is 0 Å². The molecule has 1 atom stereocenters. The van der Waals surface area contributed by atoms with E-state index in [0.29, 0.717) is 12.6 Å². The van der Waals surface area contributed by atoms with Crippen LogP contribution in [0, 0.1) is 6.92 Å². The van der Waals surface area contributed by atoms with E-state index in [2.05, 4.69) is 9.97 Å². The van der Waals surface area contributed by atoms with E-state index in [0.717, 1.165) is 31.4 Å². The van der Waals surface area contributed by atoms with Crippen molar-refractivity contribution in [3.05, 3.63) is 18.0 Å². The zero-order chi connectivity index (χ0) is 13.0. The van der Waals surface area contributed by atoms with Crippen molar-refractivity contribution in [2.75, 3.05) is 18.1 Å². The third-order valence-electron chi connectivity index (χ3n) is 3.09. The van der Waals surface area contributed by atoms with Gasteiger partial charge in [-0.2, -0.15) is 0 Å². The molecule has 1 aromatic heterocycles. The van der Waals surface area contributed by atoms with Gasteiger partial charge in [-0.3, -0.25) is 0 Å². The summed E-state index contributed by atoms with van der Waals surface area (Å²) in [5, 5.41) is 0. The van der Waals surface area contributed by atoms with Crippen molar-refractivity contribution in [1.29, 1.82) is 0 Å². The first-order valence-corrected chi connectivity index (χ1v) is 6.44. The Kier molecular flexibility index (Phi) is 4.12. The molecular weight excluding hydrogens is 230 g/mol. The smallest absolute Gasteiger partial charge is 0.328 e. The number of carbonyl (C=O) groups excluding carboxylic acids is 1. The lowest BCUT2D eigenvalue weighted by Crippen LogP contribution is -2.46. The predicted octanol–water partition coefficient (Wildman–Crippen LogP) is 1.71. The van der Waals surface area contributed by atoms with Crippen LogP contribution in [-0.2, 0) is 9.53 Å². The van der Waals surface area contributed by atoms with Gasteiger partial charge in [0.2, 0.25) is 5.95 Å². The van der Waals surface area contributed by atoms with Gasteiger partial charge in [0.15, 0.2) is 0 Å². The summed E-state index contributed by atoms with van der Waals surface area (Å²) in [6.45, 7) is 5.00. The van der Waals surface area contributed by atoms with E-state index >= 15 is 0 Å². The zero-order valence-electron chi connectivity index (χ0n) is 10.9. The Balaban J connectivity index is 2.17. The van der Waals surface area contributed by atoms with Crippen molar-refractivity contribution in [3.8, 4) is 0 Å². The third kappa shape index (κ3) is 2.78. The number of aromatic nitrogens is 2. The molecule has 98 valence electrons. The van der Waals surface area contributed by atoms with Gasteiger partial charge >= 0.3 is 5.97 Å². The van der Waals surface area contributed by atoms with E-state index in [1.54, 1.807) is 12.4 Å². The van der Waals surface area contributed by atoms with Crippen molar-refractivity contribution >= 4 is 11.9 Å². The molecule has 0 aromatic carbocycles. The largest absolute Gasteiger partial charge is 0.464 e. The average Bonchev–Trinajstić information content (AvgIpc) is 2.40. The summed E-state index contributed by atoms with van der Waals surface area (Å²) in [6, 6.07) is -0.235. The Morgan fingerprint density at radius 2 is 2.17 bits per heavy atom. The number of carbonyl (C=O) groups is 1. The number of nitrogens with zero attached hydrogens (tertiary/aromatic N) is 3. The number of rotatable bonds is 3. The summed E-state index contributed by atoms with van der Waals surface area (Å²) in [6.07, 6.45) is 6.48. The van der Waals surface area contributed by atoms with E-state index in [4.69, 9.17) is 4.74 Å². The molecular formula is C13H19N3O2. The Morgan fingerprint density at radius 3 is 2.83 bits per heavy atom. The maximum atomic E-state index is 11.9. The van der Waals surface area contributed by atoms with Crippen LogP contribution in [0.15, 0.2) is 12.4 Å². The van der Waals surface area contributed by atoms with E-state index in [-0.39, 0.29) is 12.0 Å². The normalized spacial score (nSPS) is 19.7. The quantitative estimate of drug-likeness (QED) is 0.763. The second-order valence-corrected chi connectivity index (χ2v) is 4.52. The van der Waals surface area contributed by atoms with Crippen LogP contribution in [0.1, 0.15) is 31.7 Å². The summed E-state index contributed by atoms with van der Waals surface area (Å²) >= 11 is 0. The summed E-state index contributed by atoms with van der Waals surface area (Å²) in [5.41, 5.74) is 1.02. The second kappa shape index (κ2) is 5.80. The zero-order valence-corrected chi connectivity index (χ0v) is 10.9. The highest BCUT2D eigenvalue weighted by Crippen LogP contribution is 2.22. The standard InChI is InChI=1S/C13H19N3O2/c1-3-18-12(17)11-6-4-5-7-16(11)13-14-8-10(2)9-15-13/h8-9,11H,3-7H2,1-2H3. The van der Waals surface area contributed by atoms with Gasteiger partial charge in [-0.25, -0.2) is 14.8 Å². The highest BCUT2D eigenvalue weighted by molar-refractivity contribution is 5.79. The lowest BCUT2D eigenvalue weighted by Gasteiger charge is -2.33. The minimum absolute atomic E-state index is 0.165. The van der Waals surface area contributed by atoms with Gasteiger partial charge in [0.25, 0.3) is 0 Å². The van der Waals surface area contributed by atoms with Crippen LogP contribution in [0.4, 0.5) is 5.95 Å². The molecule has 1 aromatic rings. The summed E-state index contributed by atoms with van der Waals surface area (Å²) < 4.78 is 5.12. The summed E-state index contributed by atoms with van der Waals surface area (Å²) in [7, 11) is 0. The highest BCUT2D eigenvalue weighted by atomic mass is 16.5. The molecule has 1 fully saturated rings. The second-order valence-electron chi connectivity index (χ2n) is 4.52. The van der Waals surface area contributed by atoms with Crippen molar-refractivity contribution in [2.45, 2.75) is 39.2 Å². The molecule has 0 radical (unpaired) electrons. The van der Waals surface area contributed by atoms with Crippen LogP contribution < -0.4 is 4.90 Å². The molecule has 0 N–H and O–H groups in total. The third-order valence-corrected chi connectivity index (χ3v) is 3.09. The minimum atomic E-state index is -0.235. The number of aryl methyl sites for hydroxylation is 1. The van der Waals surface area contributed by atoms with Crippen molar-refractivity contribution in [2.24, 2.45) is 0 Å². The van der Waals surface area contributed by atoms with Crippen LogP contribution in [0.2, 0.25) is 0 Å². The first-order valence-electron chi connectivity index (χ1n) is 6.44. The van der Waals surface area contributed by atoms with Crippen molar-refractivity contribution in [3.63, 3.8) is 0 Å². The van der Waals surface area contributed by atoms with Crippen molar-refractivity contribution in [1.82, 2.24) is 9.97 Å². The molecule has 1 unspecified atom stereocenters. The molecule has 0 amide bonds. The van der Waals surface area contributed by atoms with E-state index < -0.39 is 0 Å². The van der Waals surface area contributed by atoms with E-state index in [1.807, 2.05) is 18.7 Å². The molecule has 0 spiro atoms. The maximum Gasteiger partial charge on any atom is 0.328 e. The molecule has 0 saturated carbocycles. The fraction of sp³-hybridized carbons (Fsp3) is 0.615. The molecule has 5 nitrogen and oxygen atoms in total. The molecule has 2 rings (SSSR count). The van der Waals surface area contributed by atoms with E-state index in [1.165, 1.54) is 0 Å². The number of hydrogen-bond acceptors (Lipinski definition) is 5. The number of ether oxygens (including phenoxy) is 1. The Labute approximate surface area is 107 Å². The predicted molar refractivity (Wildman–Crippen MR) is 68.4 cm³/mol. The average molecular weight is 249 g/mol.